The standard InChI is InChI=1S/C10H14N2O2/c1-14-10(13)12(8-7-11)9-5-3-2-4-6-9/h2-6H,7-8,11H2,1H3. The second kappa shape index (κ2) is 5.24. The fourth-order valence-electron chi connectivity index (χ4n) is 1.17. The zero-order valence-corrected chi connectivity index (χ0v) is 8.14. The highest BCUT2D eigenvalue weighted by Crippen LogP contribution is 2.13. The number of methoxy groups -OCH3 is 1. The summed E-state index contributed by atoms with van der Waals surface area (Å²) in [5.41, 5.74) is 6.21. The Morgan fingerprint density at radius 2 is 2.07 bits per heavy atom. The Hall–Kier alpha value is -1.55. The summed E-state index contributed by atoms with van der Waals surface area (Å²) in [6, 6.07) is 9.30. The van der Waals surface area contributed by atoms with Gasteiger partial charge in [0.15, 0.2) is 0 Å². The lowest BCUT2D eigenvalue weighted by molar-refractivity contribution is 0.179. The SMILES string of the molecule is COC(=O)N(CCN)c1ccccc1. The minimum absolute atomic E-state index is 0.387. The minimum atomic E-state index is -0.387. The van der Waals surface area contributed by atoms with E-state index in [0.717, 1.165) is 5.69 Å². The number of hydrogen-bond donors (Lipinski definition) is 1. The van der Waals surface area contributed by atoms with Crippen LogP contribution in [0.2, 0.25) is 0 Å². The first-order valence-electron chi connectivity index (χ1n) is 4.40. The van der Waals surface area contributed by atoms with Gasteiger partial charge in [0, 0.05) is 18.8 Å². The van der Waals surface area contributed by atoms with Gasteiger partial charge in [-0.1, -0.05) is 18.2 Å². The molecule has 14 heavy (non-hydrogen) atoms. The number of rotatable bonds is 3. The van der Waals surface area contributed by atoms with Crippen LogP contribution < -0.4 is 10.6 Å². The molecular weight excluding hydrogens is 180 g/mol. The summed E-state index contributed by atoms with van der Waals surface area (Å²) < 4.78 is 4.65. The number of amides is 1. The van der Waals surface area contributed by atoms with Crippen molar-refractivity contribution in [3.8, 4) is 0 Å². The van der Waals surface area contributed by atoms with E-state index in [1.807, 2.05) is 30.3 Å². The van der Waals surface area contributed by atoms with Crippen molar-refractivity contribution in [2.75, 3.05) is 25.1 Å². The first-order valence-corrected chi connectivity index (χ1v) is 4.40. The van der Waals surface area contributed by atoms with Crippen molar-refractivity contribution >= 4 is 11.8 Å². The van der Waals surface area contributed by atoms with Crippen LogP contribution in [0.5, 0.6) is 0 Å². The van der Waals surface area contributed by atoms with Crippen molar-refractivity contribution in [2.24, 2.45) is 5.73 Å². The summed E-state index contributed by atoms with van der Waals surface area (Å²) in [5.74, 6) is 0. The van der Waals surface area contributed by atoms with Crippen LogP contribution in [0.4, 0.5) is 10.5 Å². The zero-order chi connectivity index (χ0) is 10.4. The van der Waals surface area contributed by atoms with Gasteiger partial charge < -0.3 is 10.5 Å². The molecule has 0 aliphatic rings. The van der Waals surface area contributed by atoms with Crippen molar-refractivity contribution in [3.63, 3.8) is 0 Å². The molecule has 0 aliphatic heterocycles. The predicted octanol–water partition coefficient (Wildman–Crippen LogP) is 1.22. The third kappa shape index (κ3) is 2.47. The van der Waals surface area contributed by atoms with Gasteiger partial charge in [-0.25, -0.2) is 4.79 Å². The van der Waals surface area contributed by atoms with Crippen LogP contribution >= 0.6 is 0 Å². The van der Waals surface area contributed by atoms with E-state index in [1.165, 1.54) is 12.0 Å². The highest BCUT2D eigenvalue weighted by atomic mass is 16.5. The maximum absolute atomic E-state index is 11.4. The molecule has 2 N–H and O–H groups in total. The maximum Gasteiger partial charge on any atom is 0.414 e. The fraction of sp³-hybridized carbons (Fsp3) is 0.300. The summed E-state index contributed by atoms with van der Waals surface area (Å²) >= 11 is 0. The fourth-order valence-corrected chi connectivity index (χ4v) is 1.17. The van der Waals surface area contributed by atoms with E-state index < -0.39 is 0 Å². The number of carbonyl (C=O) groups excluding carboxylic acids is 1. The lowest BCUT2D eigenvalue weighted by atomic mass is 10.3. The molecule has 0 saturated carbocycles. The molecule has 1 amide bonds. The van der Waals surface area contributed by atoms with Gasteiger partial charge in [0.1, 0.15) is 0 Å². The van der Waals surface area contributed by atoms with Crippen molar-refractivity contribution in [1.82, 2.24) is 0 Å². The highest BCUT2D eigenvalue weighted by Gasteiger charge is 2.13. The molecule has 1 aromatic carbocycles. The molecule has 0 bridgehead atoms. The van der Waals surface area contributed by atoms with Gasteiger partial charge in [-0.05, 0) is 12.1 Å². The Bertz CT molecular complexity index is 287. The number of benzene rings is 1. The van der Waals surface area contributed by atoms with Gasteiger partial charge >= 0.3 is 6.09 Å². The number of ether oxygens (including phenoxy) is 1. The van der Waals surface area contributed by atoms with E-state index in [1.54, 1.807) is 0 Å². The van der Waals surface area contributed by atoms with E-state index in [2.05, 4.69) is 4.74 Å². The zero-order valence-electron chi connectivity index (χ0n) is 8.14. The molecule has 1 rings (SSSR count). The molecular formula is C10H14N2O2. The summed E-state index contributed by atoms with van der Waals surface area (Å²) in [6.45, 7) is 0.862. The maximum atomic E-state index is 11.4. The Morgan fingerprint density at radius 1 is 1.43 bits per heavy atom. The first kappa shape index (κ1) is 10.5. The van der Waals surface area contributed by atoms with Gasteiger partial charge in [-0.3, -0.25) is 4.90 Å². The normalized spacial score (nSPS) is 9.57. The van der Waals surface area contributed by atoms with E-state index >= 15 is 0 Å². The van der Waals surface area contributed by atoms with Crippen molar-refractivity contribution in [2.45, 2.75) is 0 Å². The summed E-state index contributed by atoms with van der Waals surface area (Å²) in [5, 5.41) is 0. The topological polar surface area (TPSA) is 55.6 Å². The number of nitrogens with zero attached hydrogens (tertiary/aromatic N) is 1. The Morgan fingerprint density at radius 3 is 2.57 bits per heavy atom. The molecule has 0 aromatic heterocycles. The number of para-hydroxylation sites is 1. The van der Waals surface area contributed by atoms with Crippen LogP contribution in [0.3, 0.4) is 0 Å². The van der Waals surface area contributed by atoms with Gasteiger partial charge in [0.25, 0.3) is 0 Å². The summed E-state index contributed by atoms with van der Waals surface area (Å²) in [6.07, 6.45) is -0.387. The van der Waals surface area contributed by atoms with Crippen LogP contribution in [0.1, 0.15) is 0 Å². The molecule has 0 heterocycles. The molecule has 0 aliphatic carbocycles. The molecule has 1 aromatic rings. The molecule has 76 valence electrons. The third-order valence-electron chi connectivity index (χ3n) is 1.82. The van der Waals surface area contributed by atoms with Crippen LogP contribution in [-0.4, -0.2) is 26.3 Å². The lowest BCUT2D eigenvalue weighted by Crippen LogP contribution is -2.35. The van der Waals surface area contributed by atoms with Gasteiger partial charge in [-0.15, -0.1) is 0 Å². The molecule has 0 saturated heterocycles. The quantitative estimate of drug-likeness (QED) is 0.787. The van der Waals surface area contributed by atoms with Crippen molar-refractivity contribution in [1.29, 1.82) is 0 Å². The summed E-state index contributed by atoms with van der Waals surface area (Å²) in [4.78, 5) is 12.9. The number of nitrogens with two attached hydrogens (primary N) is 1. The average Bonchev–Trinajstić information content (AvgIpc) is 2.26. The van der Waals surface area contributed by atoms with Gasteiger partial charge in [0.2, 0.25) is 0 Å². The van der Waals surface area contributed by atoms with Crippen LogP contribution in [0.15, 0.2) is 30.3 Å². The molecule has 0 radical (unpaired) electrons. The first-order chi connectivity index (χ1) is 6.79. The van der Waals surface area contributed by atoms with E-state index in [9.17, 15) is 4.79 Å². The van der Waals surface area contributed by atoms with Crippen LogP contribution in [0, 0.1) is 0 Å². The van der Waals surface area contributed by atoms with Crippen LogP contribution in [-0.2, 0) is 4.74 Å². The molecule has 4 nitrogen and oxygen atoms in total. The Balaban J connectivity index is 2.83. The Kier molecular flexibility index (Phi) is 3.94. The number of hydrogen-bond acceptors (Lipinski definition) is 3. The molecule has 0 unspecified atom stereocenters. The molecule has 0 fully saturated rings. The molecule has 0 atom stereocenters. The predicted molar refractivity (Wildman–Crippen MR) is 55.2 cm³/mol. The van der Waals surface area contributed by atoms with Gasteiger partial charge in [-0.2, -0.15) is 0 Å². The number of carbonyl (C=O) groups is 1. The second-order valence-corrected chi connectivity index (χ2v) is 2.75. The lowest BCUT2D eigenvalue weighted by Gasteiger charge is -2.20. The largest absolute Gasteiger partial charge is 0.452 e. The third-order valence-corrected chi connectivity index (χ3v) is 1.82. The van der Waals surface area contributed by atoms with E-state index in [4.69, 9.17) is 5.73 Å². The van der Waals surface area contributed by atoms with E-state index in [-0.39, 0.29) is 6.09 Å². The second-order valence-electron chi connectivity index (χ2n) is 2.75. The molecule has 0 spiro atoms. The highest BCUT2D eigenvalue weighted by molar-refractivity contribution is 5.87. The minimum Gasteiger partial charge on any atom is -0.452 e. The van der Waals surface area contributed by atoms with E-state index in [0.29, 0.717) is 13.1 Å². The Labute approximate surface area is 83.3 Å². The van der Waals surface area contributed by atoms with Crippen LogP contribution in [0.25, 0.3) is 0 Å². The van der Waals surface area contributed by atoms with Crippen molar-refractivity contribution < 1.29 is 9.53 Å². The van der Waals surface area contributed by atoms with Gasteiger partial charge in [0.05, 0.1) is 7.11 Å². The molecule has 4 heteroatoms. The monoisotopic (exact) mass is 194 g/mol. The smallest absolute Gasteiger partial charge is 0.414 e. The summed E-state index contributed by atoms with van der Waals surface area (Å²) in [7, 11) is 1.36. The average molecular weight is 194 g/mol. The van der Waals surface area contributed by atoms with Crippen molar-refractivity contribution in [3.05, 3.63) is 30.3 Å². The number of anilines is 1.